The van der Waals surface area contributed by atoms with Crippen LogP contribution in [0, 0.1) is 0 Å². The molecule has 0 aliphatic heterocycles. The van der Waals surface area contributed by atoms with Crippen LogP contribution >= 0.6 is 11.6 Å². The Morgan fingerprint density at radius 1 is 1.06 bits per heavy atom. The fraction of sp³-hybridized carbons (Fsp3) is 0. The van der Waals surface area contributed by atoms with Gasteiger partial charge in [-0.1, -0.05) is 17.7 Å². The molecule has 0 radical (unpaired) electrons. The Bertz CT molecular complexity index is 633. The SMILES string of the molecule is Clc1cccc2nc(-c3ccncc3)nn12. The molecular weight excluding hydrogens is 224 g/mol. The third-order valence-electron chi connectivity index (χ3n) is 2.25. The Morgan fingerprint density at radius 3 is 2.62 bits per heavy atom. The van der Waals surface area contributed by atoms with Crippen molar-refractivity contribution in [3.05, 3.63) is 47.9 Å². The van der Waals surface area contributed by atoms with Crippen molar-refractivity contribution < 1.29 is 0 Å². The predicted octanol–water partition coefficient (Wildman–Crippen LogP) is 2.44. The number of hydrogen-bond acceptors (Lipinski definition) is 3. The van der Waals surface area contributed by atoms with Gasteiger partial charge in [-0.3, -0.25) is 4.98 Å². The molecule has 0 aliphatic rings. The van der Waals surface area contributed by atoms with Crippen LogP contribution in [0.4, 0.5) is 0 Å². The molecule has 4 nitrogen and oxygen atoms in total. The lowest BCUT2D eigenvalue weighted by Crippen LogP contribution is -1.88. The average molecular weight is 231 g/mol. The van der Waals surface area contributed by atoms with Crippen LogP contribution in [0.2, 0.25) is 5.15 Å². The first-order valence-corrected chi connectivity index (χ1v) is 5.14. The summed E-state index contributed by atoms with van der Waals surface area (Å²) >= 11 is 6.01. The minimum absolute atomic E-state index is 0.547. The molecule has 3 aromatic rings. The lowest BCUT2D eigenvalue weighted by Gasteiger charge is -1.92. The molecule has 0 saturated heterocycles. The summed E-state index contributed by atoms with van der Waals surface area (Å²) < 4.78 is 1.61. The second-order valence-corrected chi connectivity index (χ2v) is 3.68. The van der Waals surface area contributed by atoms with Gasteiger partial charge in [0.15, 0.2) is 11.5 Å². The molecule has 0 aliphatic carbocycles. The number of fused-ring (bicyclic) bond motifs is 1. The van der Waals surface area contributed by atoms with Crippen molar-refractivity contribution in [3.8, 4) is 11.4 Å². The average Bonchev–Trinajstić information content (AvgIpc) is 2.76. The normalized spacial score (nSPS) is 10.8. The zero-order valence-corrected chi connectivity index (χ0v) is 8.96. The van der Waals surface area contributed by atoms with Crippen LogP contribution < -0.4 is 0 Å². The molecule has 3 heterocycles. The van der Waals surface area contributed by atoms with Gasteiger partial charge in [0.2, 0.25) is 0 Å². The number of aromatic nitrogens is 4. The number of pyridine rings is 2. The first-order valence-electron chi connectivity index (χ1n) is 4.76. The molecule has 0 unspecified atom stereocenters. The van der Waals surface area contributed by atoms with Crippen molar-refractivity contribution >= 4 is 17.2 Å². The Balaban J connectivity index is 2.23. The molecule has 0 N–H and O–H groups in total. The molecular formula is C11H7ClN4. The Kier molecular flexibility index (Phi) is 2.08. The molecule has 0 saturated carbocycles. The quantitative estimate of drug-likeness (QED) is 0.603. The summed E-state index contributed by atoms with van der Waals surface area (Å²) in [6, 6.07) is 9.22. The Morgan fingerprint density at radius 2 is 1.88 bits per heavy atom. The molecule has 0 bridgehead atoms. The van der Waals surface area contributed by atoms with Crippen LogP contribution in [-0.4, -0.2) is 19.6 Å². The van der Waals surface area contributed by atoms with Crippen LogP contribution in [0.5, 0.6) is 0 Å². The van der Waals surface area contributed by atoms with E-state index in [0.29, 0.717) is 11.0 Å². The maximum atomic E-state index is 6.01. The molecule has 0 aromatic carbocycles. The van der Waals surface area contributed by atoms with E-state index < -0.39 is 0 Å². The molecule has 5 heteroatoms. The van der Waals surface area contributed by atoms with E-state index in [-0.39, 0.29) is 0 Å². The number of halogens is 1. The first-order chi connectivity index (χ1) is 7.84. The fourth-order valence-corrected chi connectivity index (χ4v) is 1.69. The standard InChI is InChI=1S/C11H7ClN4/c12-9-2-1-3-10-14-11(15-16(9)10)8-4-6-13-7-5-8/h1-7H. The highest BCUT2D eigenvalue weighted by atomic mass is 35.5. The summed E-state index contributed by atoms with van der Waals surface area (Å²) in [5.74, 6) is 0.649. The molecule has 0 spiro atoms. The highest BCUT2D eigenvalue weighted by molar-refractivity contribution is 6.29. The monoisotopic (exact) mass is 230 g/mol. The summed E-state index contributed by atoms with van der Waals surface area (Å²) in [5, 5.41) is 4.87. The van der Waals surface area contributed by atoms with Crippen LogP contribution in [0.15, 0.2) is 42.7 Å². The maximum absolute atomic E-state index is 6.01. The molecule has 3 aromatic heterocycles. The van der Waals surface area contributed by atoms with E-state index in [0.717, 1.165) is 11.2 Å². The maximum Gasteiger partial charge on any atom is 0.182 e. The first kappa shape index (κ1) is 9.30. The van der Waals surface area contributed by atoms with E-state index in [4.69, 9.17) is 11.6 Å². The van der Waals surface area contributed by atoms with E-state index in [2.05, 4.69) is 15.1 Å². The number of nitrogens with zero attached hydrogens (tertiary/aromatic N) is 4. The summed E-state index contributed by atoms with van der Waals surface area (Å²) in [7, 11) is 0. The van der Waals surface area contributed by atoms with Gasteiger partial charge in [0.25, 0.3) is 0 Å². The van der Waals surface area contributed by atoms with Gasteiger partial charge in [0, 0.05) is 18.0 Å². The van der Waals surface area contributed by atoms with Gasteiger partial charge in [-0.2, -0.15) is 0 Å². The van der Waals surface area contributed by atoms with E-state index in [9.17, 15) is 0 Å². The molecule has 0 amide bonds. The van der Waals surface area contributed by atoms with E-state index in [1.165, 1.54) is 0 Å². The Labute approximate surface area is 96.5 Å². The third-order valence-corrected chi connectivity index (χ3v) is 2.54. The van der Waals surface area contributed by atoms with E-state index in [1.807, 2.05) is 24.3 Å². The van der Waals surface area contributed by atoms with Crippen molar-refractivity contribution in [3.63, 3.8) is 0 Å². The van der Waals surface area contributed by atoms with Crippen LogP contribution in [0.3, 0.4) is 0 Å². The minimum atomic E-state index is 0.547. The molecule has 3 rings (SSSR count). The fourth-order valence-electron chi connectivity index (χ4n) is 1.50. The van der Waals surface area contributed by atoms with Gasteiger partial charge in [-0.15, -0.1) is 5.10 Å². The van der Waals surface area contributed by atoms with Crippen molar-refractivity contribution in [2.45, 2.75) is 0 Å². The van der Waals surface area contributed by atoms with Gasteiger partial charge in [0.05, 0.1) is 0 Å². The second-order valence-electron chi connectivity index (χ2n) is 3.29. The number of rotatable bonds is 1. The van der Waals surface area contributed by atoms with Crippen molar-refractivity contribution in [1.29, 1.82) is 0 Å². The van der Waals surface area contributed by atoms with Gasteiger partial charge >= 0.3 is 0 Å². The molecule has 0 atom stereocenters. The third kappa shape index (κ3) is 1.44. The van der Waals surface area contributed by atoms with E-state index in [1.54, 1.807) is 23.0 Å². The predicted molar refractivity (Wildman–Crippen MR) is 61.2 cm³/mol. The largest absolute Gasteiger partial charge is 0.265 e. The summed E-state index contributed by atoms with van der Waals surface area (Å²) in [6.07, 6.45) is 3.42. The van der Waals surface area contributed by atoms with Crippen molar-refractivity contribution in [2.75, 3.05) is 0 Å². The molecule has 0 fully saturated rings. The van der Waals surface area contributed by atoms with Gasteiger partial charge in [0.1, 0.15) is 5.15 Å². The topological polar surface area (TPSA) is 43.1 Å². The Hall–Kier alpha value is -1.94. The van der Waals surface area contributed by atoms with Gasteiger partial charge in [-0.05, 0) is 24.3 Å². The van der Waals surface area contributed by atoms with Gasteiger partial charge < -0.3 is 0 Å². The van der Waals surface area contributed by atoms with Crippen molar-refractivity contribution in [2.24, 2.45) is 0 Å². The zero-order chi connectivity index (χ0) is 11.0. The van der Waals surface area contributed by atoms with Crippen LogP contribution in [0.25, 0.3) is 17.0 Å². The summed E-state index contributed by atoms with van der Waals surface area (Å²) in [4.78, 5) is 8.34. The zero-order valence-electron chi connectivity index (χ0n) is 8.21. The van der Waals surface area contributed by atoms with Crippen LogP contribution in [0.1, 0.15) is 0 Å². The summed E-state index contributed by atoms with van der Waals surface area (Å²) in [6.45, 7) is 0. The lowest BCUT2D eigenvalue weighted by molar-refractivity contribution is 0.966. The van der Waals surface area contributed by atoms with Crippen molar-refractivity contribution in [1.82, 2.24) is 19.6 Å². The molecule has 16 heavy (non-hydrogen) atoms. The smallest absolute Gasteiger partial charge is 0.182 e. The number of hydrogen-bond donors (Lipinski definition) is 0. The highest BCUT2D eigenvalue weighted by Gasteiger charge is 2.07. The summed E-state index contributed by atoms with van der Waals surface area (Å²) in [5.41, 5.74) is 1.66. The second kappa shape index (κ2) is 3.57. The highest BCUT2D eigenvalue weighted by Crippen LogP contribution is 2.17. The van der Waals surface area contributed by atoms with Gasteiger partial charge in [-0.25, -0.2) is 9.50 Å². The van der Waals surface area contributed by atoms with Crippen LogP contribution in [-0.2, 0) is 0 Å². The minimum Gasteiger partial charge on any atom is -0.265 e. The van der Waals surface area contributed by atoms with E-state index >= 15 is 0 Å². The molecule has 78 valence electrons. The lowest BCUT2D eigenvalue weighted by atomic mass is 10.3.